The number of aryl methyl sites for hydroxylation is 4. The summed E-state index contributed by atoms with van der Waals surface area (Å²) in [5, 5.41) is 9.23. The van der Waals surface area contributed by atoms with Crippen LogP contribution in [-0.2, 0) is 0 Å². The van der Waals surface area contributed by atoms with Gasteiger partial charge in [-0.3, -0.25) is 4.79 Å². The quantitative estimate of drug-likeness (QED) is 0.149. The van der Waals surface area contributed by atoms with E-state index >= 15 is 0 Å². The van der Waals surface area contributed by atoms with Gasteiger partial charge in [-0.05, 0) is 86.6 Å². The van der Waals surface area contributed by atoms with Crippen molar-refractivity contribution >= 4 is 37.8 Å². The molecule has 0 saturated heterocycles. The largest absolute Gasteiger partial charge is 0.586 e. The molecule has 4 aromatic carbocycles. The highest BCUT2D eigenvalue weighted by Gasteiger charge is 2.44. The van der Waals surface area contributed by atoms with Crippen LogP contribution >= 0.6 is 31.9 Å². The number of ether oxygens (including phenoxy) is 4. The van der Waals surface area contributed by atoms with Crippen LogP contribution in [0.15, 0.2) is 103 Å². The Hall–Kier alpha value is -7.44. The summed E-state index contributed by atoms with van der Waals surface area (Å²) in [6.45, 7) is 9.20. The van der Waals surface area contributed by atoms with Crippen molar-refractivity contribution in [3.8, 4) is 85.6 Å². The first-order valence-corrected chi connectivity index (χ1v) is 21.3. The van der Waals surface area contributed by atoms with Crippen LogP contribution in [0.3, 0.4) is 0 Å². The molecule has 0 spiro atoms. The van der Waals surface area contributed by atoms with Gasteiger partial charge in [0.05, 0.1) is 11.4 Å². The van der Waals surface area contributed by atoms with Gasteiger partial charge in [0.15, 0.2) is 52.0 Å². The fraction of sp³-hybridized carbons (Fsp3) is 0.174. The number of amides is 1. The van der Waals surface area contributed by atoms with E-state index in [9.17, 15) is 27.6 Å². The number of aromatic nitrogens is 6. The van der Waals surface area contributed by atoms with Crippen molar-refractivity contribution in [2.75, 3.05) is 0 Å². The predicted octanol–water partition coefficient (Wildman–Crippen LogP) is 11.8. The van der Waals surface area contributed by atoms with Gasteiger partial charge in [0.1, 0.15) is 34.8 Å². The molecule has 15 nitrogen and oxygen atoms in total. The third-order valence-corrected chi connectivity index (χ3v) is 10.9. The zero-order valence-electron chi connectivity index (χ0n) is 36.6. The molecule has 2 N–H and O–H groups in total. The number of oxazole rings is 2. The van der Waals surface area contributed by atoms with E-state index in [-0.39, 0.29) is 34.4 Å². The predicted molar refractivity (Wildman–Crippen MR) is 240 cm³/mol. The Morgan fingerprint density at radius 1 is 0.672 bits per heavy atom. The lowest BCUT2D eigenvalue weighted by Crippen LogP contribution is -2.25. The number of alkyl halides is 4. The molecule has 0 radical (unpaired) electrons. The van der Waals surface area contributed by atoms with Gasteiger partial charge in [-0.25, -0.2) is 19.9 Å². The number of carbonyl (C=O) groups is 1. The Balaban J connectivity index is 0.000000174. The number of primary amides is 1. The van der Waals surface area contributed by atoms with Crippen LogP contribution in [0, 0.1) is 39.0 Å². The average molecular weight is 1050 g/mol. The minimum atomic E-state index is -3.73. The first-order valence-electron chi connectivity index (χ1n) is 20.4. The van der Waals surface area contributed by atoms with E-state index in [0.29, 0.717) is 81.2 Å². The molecule has 1 amide bonds. The van der Waals surface area contributed by atoms with Gasteiger partial charge in [0.25, 0.3) is 5.91 Å². The van der Waals surface area contributed by atoms with Crippen molar-refractivity contribution in [3.05, 3.63) is 129 Å². The molecule has 0 aliphatic carbocycles. The minimum Gasteiger partial charge on any atom is -0.440 e. The van der Waals surface area contributed by atoms with Crippen molar-refractivity contribution in [3.63, 3.8) is 0 Å². The Morgan fingerprint density at radius 2 is 1.10 bits per heavy atom. The number of rotatable bonds is 7. The van der Waals surface area contributed by atoms with Crippen molar-refractivity contribution < 1.29 is 51.5 Å². The molecule has 8 aromatic rings. The number of benzene rings is 4. The maximum absolute atomic E-state index is 13.5. The molecule has 0 saturated carbocycles. The second-order valence-corrected chi connectivity index (χ2v) is 16.2. The summed E-state index contributed by atoms with van der Waals surface area (Å²) >= 11 is 6.97. The minimum absolute atomic E-state index is 0.0576. The number of fused-ring (bicyclic) bond motifs is 2. The summed E-state index contributed by atoms with van der Waals surface area (Å²) in [4.78, 5) is 29.2. The normalized spacial score (nSPS) is 13.8. The molecular formula is C46H34Br2F4N8O7. The van der Waals surface area contributed by atoms with E-state index in [1.54, 1.807) is 68.3 Å². The lowest BCUT2D eigenvalue weighted by Gasteiger charge is -2.12. The van der Waals surface area contributed by atoms with E-state index in [4.69, 9.17) is 15.9 Å². The molecule has 0 atom stereocenters. The Morgan fingerprint density at radius 3 is 1.52 bits per heavy atom. The molecule has 342 valence electrons. The summed E-state index contributed by atoms with van der Waals surface area (Å²) in [6.07, 6.45) is -4.26. The van der Waals surface area contributed by atoms with Crippen LogP contribution in [0.1, 0.15) is 54.8 Å². The average Bonchev–Trinajstić information content (AvgIpc) is 4.13. The molecule has 2 aliphatic rings. The summed E-state index contributed by atoms with van der Waals surface area (Å²) in [6, 6.07) is 21.9. The van der Waals surface area contributed by atoms with Gasteiger partial charge in [0, 0.05) is 58.8 Å². The number of halogens is 6. The molecule has 0 fully saturated rings. The van der Waals surface area contributed by atoms with E-state index in [0.717, 1.165) is 14.6 Å². The lowest BCUT2D eigenvalue weighted by atomic mass is 10.0. The fourth-order valence-electron chi connectivity index (χ4n) is 7.21. The van der Waals surface area contributed by atoms with Crippen LogP contribution in [0.5, 0.6) is 23.0 Å². The second kappa shape index (κ2) is 17.7. The van der Waals surface area contributed by atoms with Gasteiger partial charge >= 0.3 is 12.6 Å². The molecule has 21 heteroatoms. The van der Waals surface area contributed by atoms with Gasteiger partial charge in [0.2, 0.25) is 0 Å². The summed E-state index contributed by atoms with van der Waals surface area (Å²) < 4.78 is 95.0. The highest BCUT2D eigenvalue weighted by Crippen LogP contribution is 2.47. The Bertz CT molecular complexity index is 3310. The van der Waals surface area contributed by atoms with Crippen molar-refractivity contribution in [1.82, 2.24) is 29.1 Å². The smallest absolute Gasteiger partial charge is 0.440 e. The van der Waals surface area contributed by atoms with E-state index < -0.39 is 18.5 Å². The lowest BCUT2D eigenvalue weighted by molar-refractivity contribution is -0.287. The van der Waals surface area contributed by atoms with Crippen LogP contribution in [0.4, 0.5) is 17.6 Å². The zero-order chi connectivity index (χ0) is 48.8. The number of hydrogen-bond donors (Lipinski definition) is 1. The Kier molecular flexibility index (Phi) is 11.9. The standard InChI is InChI=1S/C22H15BrF2N4O4.C22H13BrF2N4O3.C2H6/c1-10-27-15(21(26)30)9-29(10)16-5-4-13(23)8-14(16)19-20(31-11(2)28-19)12-3-6-17-18(7-12)33-22(24,25)32-17;1-11-27-15(9-26)10-29(11)17-5-4-14(23)8-16(17)20-21(30-12(2)28-20)13-3-6-18-19(7-13)32-22(24,25)31-18;1-2/h3-9H,1-2H3,(H2,26,30);3-8,10H,1-2H3;1-2H3/i;;1D. The second-order valence-electron chi connectivity index (χ2n) is 14.4. The first kappa shape index (κ1) is 44.7. The van der Waals surface area contributed by atoms with Gasteiger partial charge < -0.3 is 42.6 Å². The highest BCUT2D eigenvalue weighted by atomic mass is 79.9. The van der Waals surface area contributed by atoms with E-state index in [1.165, 1.54) is 24.3 Å². The molecule has 0 bridgehead atoms. The number of hydrogen-bond acceptors (Lipinski definition) is 12. The number of nitrogens with two attached hydrogens (primary N) is 1. The van der Waals surface area contributed by atoms with Crippen LogP contribution < -0.4 is 24.7 Å². The number of nitrogens with zero attached hydrogens (tertiary/aromatic N) is 7. The van der Waals surface area contributed by atoms with Crippen molar-refractivity contribution in [1.29, 1.82) is 5.26 Å². The van der Waals surface area contributed by atoms with Crippen molar-refractivity contribution in [2.24, 2.45) is 5.73 Å². The molecule has 4 aromatic heterocycles. The fourth-order valence-corrected chi connectivity index (χ4v) is 7.94. The maximum atomic E-state index is 13.5. The summed E-state index contributed by atoms with van der Waals surface area (Å²) in [5.74, 6) is 1.67. The van der Waals surface area contributed by atoms with E-state index in [1.807, 2.05) is 42.5 Å². The third-order valence-electron chi connectivity index (χ3n) is 9.87. The monoisotopic (exact) mass is 1050 g/mol. The first-order chi connectivity index (χ1) is 32.3. The van der Waals surface area contributed by atoms with Gasteiger partial charge in [-0.2, -0.15) is 5.26 Å². The maximum Gasteiger partial charge on any atom is 0.586 e. The summed E-state index contributed by atoms with van der Waals surface area (Å²) in [7, 11) is 0. The van der Waals surface area contributed by atoms with Gasteiger partial charge in [-0.1, -0.05) is 45.7 Å². The molecule has 0 unspecified atom stereocenters. The molecule has 2 aliphatic heterocycles. The third kappa shape index (κ3) is 9.22. The summed E-state index contributed by atoms with van der Waals surface area (Å²) in [5.41, 5.74) is 10.4. The highest BCUT2D eigenvalue weighted by molar-refractivity contribution is 9.10. The SMILES string of the molecule is Cc1nc(-c2cc(Br)ccc2-n2cc(C#N)nc2C)c(-c2ccc3c(c2)OC(F)(F)O3)o1.Cc1nc(-c2cc(Br)ccc2-n2cc(C(N)=O)nc2C)c(-c2ccc3c(c2)OC(F)(F)O3)o1.[2H]CC. The topological polar surface area (TPSA) is 192 Å². The number of carbonyl (C=O) groups excluding carboxylic acids is 1. The van der Waals surface area contributed by atoms with E-state index in [2.05, 4.69) is 70.7 Å². The molecule has 10 rings (SSSR count). The zero-order valence-corrected chi connectivity index (χ0v) is 38.8. The van der Waals surface area contributed by atoms with Crippen LogP contribution in [-0.4, -0.2) is 47.6 Å². The van der Waals surface area contributed by atoms with Gasteiger partial charge in [-0.15, -0.1) is 17.6 Å². The number of nitriles is 1. The molecular weight excluding hydrogens is 1010 g/mol. The van der Waals surface area contributed by atoms with Crippen molar-refractivity contribution in [2.45, 2.75) is 54.1 Å². The van der Waals surface area contributed by atoms with Crippen LogP contribution in [0.2, 0.25) is 0 Å². The Labute approximate surface area is 396 Å². The molecule has 6 heterocycles. The number of imidazole rings is 2. The van der Waals surface area contributed by atoms with Crippen LogP contribution in [0.25, 0.3) is 56.5 Å². The molecule has 67 heavy (non-hydrogen) atoms.